The summed E-state index contributed by atoms with van der Waals surface area (Å²) >= 11 is 1.83. The van der Waals surface area contributed by atoms with Crippen molar-refractivity contribution >= 4 is 11.3 Å². The highest BCUT2D eigenvalue weighted by molar-refractivity contribution is 7.10. The summed E-state index contributed by atoms with van der Waals surface area (Å²) in [5.41, 5.74) is 3.03. The van der Waals surface area contributed by atoms with Crippen molar-refractivity contribution in [2.24, 2.45) is 23.6 Å². The minimum absolute atomic E-state index is 0.415. The third-order valence-electron chi connectivity index (χ3n) is 4.14. The van der Waals surface area contributed by atoms with Gasteiger partial charge in [0.05, 0.1) is 6.04 Å². The number of rotatable bonds is 3. The van der Waals surface area contributed by atoms with E-state index in [1.54, 1.807) is 0 Å². The minimum Gasteiger partial charge on any atom is -0.271 e. The molecule has 15 heavy (non-hydrogen) atoms. The Kier molecular flexibility index (Phi) is 2.54. The van der Waals surface area contributed by atoms with Crippen molar-refractivity contribution in [1.82, 2.24) is 5.43 Å². The Morgan fingerprint density at radius 3 is 2.60 bits per heavy atom. The largest absolute Gasteiger partial charge is 0.271 e. The molecule has 82 valence electrons. The summed E-state index contributed by atoms with van der Waals surface area (Å²) in [5.74, 6) is 8.45. The molecule has 3 unspecified atom stereocenters. The lowest BCUT2D eigenvalue weighted by molar-refractivity contribution is 0.463. The smallest absolute Gasteiger partial charge is 0.0586 e. The Morgan fingerprint density at radius 1 is 1.33 bits per heavy atom. The van der Waals surface area contributed by atoms with Crippen molar-refractivity contribution in [1.29, 1.82) is 0 Å². The van der Waals surface area contributed by atoms with E-state index in [0.29, 0.717) is 6.04 Å². The molecule has 3 N–H and O–H groups in total. The Hall–Kier alpha value is -0.380. The maximum absolute atomic E-state index is 5.72. The van der Waals surface area contributed by atoms with Gasteiger partial charge in [0.1, 0.15) is 0 Å². The van der Waals surface area contributed by atoms with Crippen molar-refractivity contribution in [3.63, 3.8) is 0 Å². The van der Waals surface area contributed by atoms with E-state index >= 15 is 0 Å². The van der Waals surface area contributed by atoms with E-state index in [4.69, 9.17) is 5.84 Å². The fourth-order valence-electron chi connectivity index (χ4n) is 3.39. The second kappa shape index (κ2) is 3.89. The van der Waals surface area contributed by atoms with Crippen LogP contribution in [0.4, 0.5) is 0 Å². The first-order valence-electron chi connectivity index (χ1n) is 5.91. The molecule has 1 heterocycles. The molecule has 3 atom stereocenters. The van der Waals surface area contributed by atoms with Crippen molar-refractivity contribution in [3.8, 4) is 0 Å². The lowest BCUT2D eigenvalue weighted by Gasteiger charge is -2.13. The van der Waals surface area contributed by atoms with Gasteiger partial charge in [-0.05, 0) is 42.0 Å². The van der Waals surface area contributed by atoms with Crippen LogP contribution in [-0.2, 0) is 0 Å². The standard InChI is InChI=1S/C12H18N2S/c13-14-12(10-6-3-7-15-10)11-8-4-1-2-5-9(8)11/h3,6-9,11-12,14H,1-2,4-5,13H2. The zero-order valence-corrected chi connectivity index (χ0v) is 9.67. The van der Waals surface area contributed by atoms with Crippen molar-refractivity contribution in [2.75, 3.05) is 0 Å². The molecular weight excluding hydrogens is 204 g/mol. The highest BCUT2D eigenvalue weighted by Gasteiger charge is 2.54. The predicted molar refractivity (Wildman–Crippen MR) is 63.3 cm³/mol. The van der Waals surface area contributed by atoms with Crippen molar-refractivity contribution in [2.45, 2.75) is 31.7 Å². The fourth-order valence-corrected chi connectivity index (χ4v) is 4.24. The highest BCUT2D eigenvalue weighted by atomic mass is 32.1. The van der Waals surface area contributed by atoms with E-state index in [1.165, 1.54) is 30.6 Å². The van der Waals surface area contributed by atoms with Gasteiger partial charge < -0.3 is 0 Å². The predicted octanol–water partition coefficient (Wildman–Crippen LogP) is 2.69. The van der Waals surface area contributed by atoms with Gasteiger partial charge in [0.25, 0.3) is 0 Å². The molecule has 3 heteroatoms. The number of nitrogens with one attached hydrogen (secondary N) is 1. The number of nitrogens with two attached hydrogens (primary N) is 1. The molecule has 2 saturated carbocycles. The molecule has 2 aliphatic carbocycles. The third-order valence-corrected chi connectivity index (χ3v) is 5.09. The molecule has 0 amide bonds. The summed E-state index contributed by atoms with van der Waals surface area (Å²) in [6.07, 6.45) is 5.72. The van der Waals surface area contributed by atoms with Gasteiger partial charge in [-0.15, -0.1) is 11.3 Å². The van der Waals surface area contributed by atoms with Crippen molar-refractivity contribution < 1.29 is 0 Å². The van der Waals surface area contributed by atoms with E-state index in [-0.39, 0.29) is 0 Å². The van der Waals surface area contributed by atoms with Gasteiger partial charge in [-0.25, -0.2) is 0 Å². The maximum Gasteiger partial charge on any atom is 0.0586 e. The molecule has 0 saturated heterocycles. The molecule has 2 nitrogen and oxygen atoms in total. The first-order chi connectivity index (χ1) is 7.42. The van der Waals surface area contributed by atoms with Gasteiger partial charge in [-0.3, -0.25) is 11.3 Å². The summed E-state index contributed by atoms with van der Waals surface area (Å²) in [5, 5.41) is 2.14. The van der Waals surface area contributed by atoms with Crippen LogP contribution in [-0.4, -0.2) is 0 Å². The number of hydrazine groups is 1. The Morgan fingerprint density at radius 2 is 2.07 bits per heavy atom. The summed E-state index contributed by atoms with van der Waals surface area (Å²) < 4.78 is 0. The number of hydrogen-bond acceptors (Lipinski definition) is 3. The molecular formula is C12H18N2S. The molecule has 0 bridgehead atoms. The van der Waals surface area contributed by atoms with Crippen LogP contribution in [0.1, 0.15) is 36.6 Å². The summed E-state index contributed by atoms with van der Waals surface area (Å²) in [6.45, 7) is 0. The van der Waals surface area contributed by atoms with Crippen LogP contribution >= 0.6 is 11.3 Å². The SMILES string of the molecule is NNC(c1cccs1)C1C2CCCCC21. The monoisotopic (exact) mass is 222 g/mol. The Labute approximate surface area is 94.8 Å². The Balaban J connectivity index is 1.75. The summed E-state index contributed by atoms with van der Waals surface area (Å²) in [7, 11) is 0. The third kappa shape index (κ3) is 1.63. The van der Waals surface area contributed by atoms with E-state index < -0.39 is 0 Å². The summed E-state index contributed by atoms with van der Waals surface area (Å²) in [6, 6.07) is 4.74. The lowest BCUT2D eigenvalue weighted by atomic mass is 10.0. The molecule has 0 spiro atoms. The molecule has 1 aromatic rings. The van der Waals surface area contributed by atoms with Gasteiger partial charge in [0.15, 0.2) is 0 Å². The lowest BCUT2D eigenvalue weighted by Crippen LogP contribution is -2.29. The van der Waals surface area contributed by atoms with Crippen LogP contribution < -0.4 is 11.3 Å². The average molecular weight is 222 g/mol. The second-order valence-electron chi connectivity index (χ2n) is 4.85. The number of thiophene rings is 1. The second-order valence-corrected chi connectivity index (χ2v) is 5.83. The Bertz CT molecular complexity index is 310. The van der Waals surface area contributed by atoms with Crippen LogP contribution in [0, 0.1) is 17.8 Å². The zero-order valence-electron chi connectivity index (χ0n) is 8.86. The molecule has 0 aliphatic heterocycles. The van der Waals surface area contributed by atoms with Gasteiger partial charge in [-0.2, -0.15) is 0 Å². The van der Waals surface area contributed by atoms with Crippen LogP contribution in [0.2, 0.25) is 0 Å². The summed E-state index contributed by atoms with van der Waals surface area (Å²) in [4.78, 5) is 1.41. The average Bonchev–Trinajstić information content (AvgIpc) is 2.74. The number of hydrogen-bond donors (Lipinski definition) is 2. The van der Waals surface area contributed by atoms with Gasteiger partial charge >= 0.3 is 0 Å². The molecule has 2 aliphatic rings. The number of fused-ring (bicyclic) bond motifs is 1. The van der Waals surface area contributed by atoms with Gasteiger partial charge in [0, 0.05) is 4.88 Å². The van der Waals surface area contributed by atoms with Crippen LogP contribution in [0.3, 0.4) is 0 Å². The van der Waals surface area contributed by atoms with Gasteiger partial charge in [0.2, 0.25) is 0 Å². The first kappa shape index (κ1) is 9.82. The molecule has 0 aromatic carbocycles. The zero-order chi connectivity index (χ0) is 10.3. The van der Waals surface area contributed by atoms with Crippen molar-refractivity contribution in [3.05, 3.63) is 22.4 Å². The van der Waals surface area contributed by atoms with E-state index in [2.05, 4.69) is 22.9 Å². The van der Waals surface area contributed by atoms with E-state index in [9.17, 15) is 0 Å². The molecule has 0 radical (unpaired) electrons. The minimum atomic E-state index is 0.415. The highest BCUT2D eigenvalue weighted by Crippen LogP contribution is 2.60. The fraction of sp³-hybridized carbons (Fsp3) is 0.667. The van der Waals surface area contributed by atoms with Crippen LogP contribution in [0.25, 0.3) is 0 Å². The molecule has 3 rings (SSSR count). The van der Waals surface area contributed by atoms with E-state index in [0.717, 1.165) is 17.8 Å². The molecule has 1 aromatic heterocycles. The maximum atomic E-state index is 5.72. The normalized spacial score (nSPS) is 35.9. The van der Waals surface area contributed by atoms with Crippen LogP contribution in [0.5, 0.6) is 0 Å². The topological polar surface area (TPSA) is 38.0 Å². The van der Waals surface area contributed by atoms with Crippen LogP contribution in [0.15, 0.2) is 17.5 Å². The van der Waals surface area contributed by atoms with Gasteiger partial charge in [-0.1, -0.05) is 18.9 Å². The quantitative estimate of drug-likeness (QED) is 0.609. The first-order valence-corrected chi connectivity index (χ1v) is 6.79. The van der Waals surface area contributed by atoms with E-state index in [1.807, 2.05) is 11.3 Å². The molecule has 2 fully saturated rings.